The van der Waals surface area contributed by atoms with Crippen LogP contribution in [-0.2, 0) is 0 Å². The van der Waals surface area contributed by atoms with E-state index in [1.54, 1.807) is 24.3 Å². The minimum atomic E-state index is -0.123. The minimum absolute atomic E-state index is 0.123. The van der Waals surface area contributed by atoms with Crippen LogP contribution < -0.4 is 9.78 Å². The molecule has 2 heterocycles. The van der Waals surface area contributed by atoms with Crippen LogP contribution in [0.3, 0.4) is 0 Å². The van der Waals surface area contributed by atoms with E-state index in [0.29, 0.717) is 46.1 Å². The molecular weight excluding hydrogens is 652 g/mol. The Kier molecular flexibility index (Phi) is 8.67. The third-order valence-electron chi connectivity index (χ3n) is 8.05. The Bertz CT molecular complexity index is 2190. The summed E-state index contributed by atoms with van der Waals surface area (Å²) in [6.45, 7) is 0. The number of hydrogen-bond acceptors (Lipinski definition) is 10. The summed E-state index contributed by atoms with van der Waals surface area (Å²) in [5.41, 5.74) is 4.02. The molecule has 0 spiro atoms. The highest BCUT2D eigenvalue weighted by molar-refractivity contribution is 5.72. The molecule has 0 aliphatic rings. The molecule has 8 rings (SSSR count). The summed E-state index contributed by atoms with van der Waals surface area (Å²) in [6, 6.07) is 47.6. The van der Waals surface area contributed by atoms with Gasteiger partial charge in [-0.05, 0) is 24.3 Å². The van der Waals surface area contributed by atoms with Crippen molar-refractivity contribution in [2.75, 3.05) is 0 Å². The van der Waals surface area contributed by atoms with E-state index in [4.69, 9.17) is 19.7 Å². The van der Waals surface area contributed by atoms with Gasteiger partial charge in [-0.25, -0.2) is 29.9 Å². The maximum Gasteiger partial charge on any atom is 0.182 e. The van der Waals surface area contributed by atoms with E-state index in [1.807, 2.05) is 121 Å². The normalized spacial score (nSPS) is 10.8. The fraction of sp³-hybridized carbons (Fsp3) is 0. The number of aromatic nitrogens is 6. The fourth-order valence-electron chi connectivity index (χ4n) is 5.46. The molecule has 2 N–H and O–H groups in total. The Morgan fingerprint density at radius 3 is 0.846 bits per heavy atom. The van der Waals surface area contributed by atoms with Crippen molar-refractivity contribution in [2.45, 2.75) is 0 Å². The Morgan fingerprint density at radius 2 is 0.577 bits per heavy atom. The molecule has 10 heteroatoms. The van der Waals surface area contributed by atoms with Crippen molar-refractivity contribution >= 4 is 0 Å². The van der Waals surface area contributed by atoms with E-state index in [9.17, 15) is 10.2 Å². The van der Waals surface area contributed by atoms with Crippen LogP contribution in [0.2, 0.25) is 0 Å². The van der Waals surface area contributed by atoms with E-state index in [1.165, 1.54) is 12.1 Å². The number of phenolic OH excluding ortho intramolecular Hbond substituents is 2. The quantitative estimate of drug-likeness (QED) is 0.112. The second-order valence-corrected chi connectivity index (χ2v) is 11.6. The monoisotopic (exact) mass is 680 g/mol. The predicted molar refractivity (Wildman–Crippen MR) is 197 cm³/mol. The van der Waals surface area contributed by atoms with E-state index < -0.39 is 0 Å². The molecule has 0 aliphatic heterocycles. The SMILES string of the molecule is Oc1cc(OOc2ccc(-c3nc(-c4ccccc4)nc(-c4ccccc4)n3)c(O)c2)ccc1-c1nc(-c2ccccc2)nc(-c2ccccc2)n1. The molecule has 250 valence electrons. The lowest BCUT2D eigenvalue weighted by Gasteiger charge is -2.12. The molecule has 0 radical (unpaired) electrons. The van der Waals surface area contributed by atoms with Gasteiger partial charge in [0.15, 0.2) is 46.4 Å². The molecule has 8 aromatic rings. The van der Waals surface area contributed by atoms with Gasteiger partial charge in [-0.2, -0.15) is 0 Å². The highest BCUT2D eigenvalue weighted by atomic mass is 17.2. The summed E-state index contributed by atoms with van der Waals surface area (Å²) in [4.78, 5) is 39.2. The lowest BCUT2D eigenvalue weighted by atomic mass is 10.1. The maximum atomic E-state index is 11.1. The average molecular weight is 681 g/mol. The van der Waals surface area contributed by atoms with Gasteiger partial charge < -0.3 is 10.2 Å². The first-order chi connectivity index (χ1) is 25.6. The molecule has 0 amide bonds. The molecule has 0 saturated heterocycles. The van der Waals surface area contributed by atoms with Crippen LogP contribution in [0.1, 0.15) is 0 Å². The fourth-order valence-corrected chi connectivity index (χ4v) is 5.46. The van der Waals surface area contributed by atoms with Crippen LogP contribution in [-0.4, -0.2) is 40.1 Å². The lowest BCUT2D eigenvalue weighted by molar-refractivity contribution is -0.100. The summed E-state index contributed by atoms with van der Waals surface area (Å²) in [7, 11) is 0. The molecule has 0 fully saturated rings. The van der Waals surface area contributed by atoms with Crippen LogP contribution in [0.4, 0.5) is 0 Å². The smallest absolute Gasteiger partial charge is 0.182 e. The Balaban J connectivity index is 1.05. The van der Waals surface area contributed by atoms with Crippen molar-refractivity contribution in [2.24, 2.45) is 0 Å². The molecule has 2 aromatic heterocycles. The van der Waals surface area contributed by atoms with Crippen LogP contribution in [0.5, 0.6) is 23.0 Å². The number of nitrogens with zero attached hydrogens (tertiary/aromatic N) is 6. The third kappa shape index (κ3) is 6.85. The van der Waals surface area contributed by atoms with Crippen molar-refractivity contribution < 1.29 is 20.0 Å². The number of aromatic hydroxyl groups is 2. The van der Waals surface area contributed by atoms with Gasteiger partial charge in [0.25, 0.3) is 0 Å². The van der Waals surface area contributed by atoms with Crippen molar-refractivity contribution in [3.63, 3.8) is 0 Å². The molecule has 0 saturated carbocycles. The summed E-state index contributed by atoms with van der Waals surface area (Å²) in [5, 5.41) is 22.2. The summed E-state index contributed by atoms with van der Waals surface area (Å²) >= 11 is 0. The van der Waals surface area contributed by atoms with Gasteiger partial charge in [0, 0.05) is 34.4 Å². The molecule has 6 aromatic carbocycles. The largest absolute Gasteiger partial charge is 0.507 e. The standard InChI is InChI=1S/C42H28N6O4/c49-35-25-31(21-23-33(35)41-45-37(27-13-5-1-6-14-27)43-38(46-41)28-15-7-2-8-16-28)51-52-32-22-24-34(36(50)26-32)42-47-39(29-17-9-3-10-18-29)44-40(48-42)30-19-11-4-12-20-30/h1-26,49-50H. The highest BCUT2D eigenvalue weighted by Gasteiger charge is 2.18. The number of benzene rings is 6. The van der Waals surface area contributed by atoms with Crippen molar-refractivity contribution in [3.05, 3.63) is 158 Å². The number of hydrogen-bond donors (Lipinski definition) is 2. The molecule has 0 aliphatic carbocycles. The van der Waals surface area contributed by atoms with Crippen LogP contribution in [0.15, 0.2) is 158 Å². The van der Waals surface area contributed by atoms with Crippen molar-refractivity contribution in [1.82, 2.24) is 29.9 Å². The molecule has 0 atom stereocenters. The van der Waals surface area contributed by atoms with Crippen molar-refractivity contribution in [1.29, 1.82) is 0 Å². The first kappa shape index (κ1) is 31.8. The highest BCUT2D eigenvalue weighted by Crippen LogP contribution is 2.35. The molecule has 0 unspecified atom stereocenters. The molecular formula is C42H28N6O4. The molecule has 52 heavy (non-hydrogen) atoms. The van der Waals surface area contributed by atoms with Gasteiger partial charge in [-0.3, -0.25) is 9.78 Å². The average Bonchev–Trinajstić information content (AvgIpc) is 3.21. The maximum absolute atomic E-state index is 11.1. The van der Waals surface area contributed by atoms with Crippen molar-refractivity contribution in [3.8, 4) is 91.3 Å². The first-order valence-corrected chi connectivity index (χ1v) is 16.3. The van der Waals surface area contributed by atoms with Gasteiger partial charge in [0.05, 0.1) is 11.1 Å². The predicted octanol–water partition coefficient (Wildman–Crippen LogP) is 8.84. The van der Waals surface area contributed by atoms with E-state index in [-0.39, 0.29) is 23.0 Å². The second kappa shape index (κ2) is 14.2. The van der Waals surface area contributed by atoms with Crippen LogP contribution >= 0.6 is 0 Å². The summed E-state index contributed by atoms with van der Waals surface area (Å²) in [5.74, 6) is 2.65. The first-order valence-electron chi connectivity index (χ1n) is 16.3. The summed E-state index contributed by atoms with van der Waals surface area (Å²) < 4.78 is 0. The minimum Gasteiger partial charge on any atom is -0.507 e. The van der Waals surface area contributed by atoms with Crippen LogP contribution in [0, 0.1) is 0 Å². The van der Waals surface area contributed by atoms with E-state index >= 15 is 0 Å². The molecule has 0 bridgehead atoms. The van der Waals surface area contributed by atoms with Gasteiger partial charge in [-0.1, -0.05) is 121 Å². The second-order valence-electron chi connectivity index (χ2n) is 11.6. The zero-order chi connectivity index (χ0) is 35.3. The number of phenols is 2. The Morgan fingerprint density at radius 1 is 0.308 bits per heavy atom. The van der Waals surface area contributed by atoms with Crippen LogP contribution in [0.25, 0.3) is 68.3 Å². The van der Waals surface area contributed by atoms with Gasteiger partial charge in [-0.15, -0.1) is 0 Å². The zero-order valence-electron chi connectivity index (χ0n) is 27.4. The Labute approximate surface area is 298 Å². The topological polar surface area (TPSA) is 136 Å². The lowest BCUT2D eigenvalue weighted by Crippen LogP contribution is -2.02. The molecule has 10 nitrogen and oxygen atoms in total. The third-order valence-corrected chi connectivity index (χ3v) is 8.05. The number of rotatable bonds is 9. The van der Waals surface area contributed by atoms with E-state index in [2.05, 4.69) is 19.9 Å². The Hall–Kier alpha value is -7.46. The summed E-state index contributed by atoms with van der Waals surface area (Å²) in [6.07, 6.45) is 0. The van der Waals surface area contributed by atoms with Gasteiger partial charge in [0.1, 0.15) is 11.5 Å². The van der Waals surface area contributed by atoms with E-state index in [0.717, 1.165) is 22.3 Å². The zero-order valence-corrected chi connectivity index (χ0v) is 27.4. The van der Waals surface area contributed by atoms with Gasteiger partial charge >= 0.3 is 0 Å². The van der Waals surface area contributed by atoms with Gasteiger partial charge in [0.2, 0.25) is 0 Å².